The second kappa shape index (κ2) is 8.78. The van der Waals surface area contributed by atoms with E-state index in [4.69, 9.17) is 11.6 Å². The van der Waals surface area contributed by atoms with Gasteiger partial charge in [0.15, 0.2) is 0 Å². The molecule has 1 fully saturated rings. The van der Waals surface area contributed by atoms with Gasteiger partial charge in [0.2, 0.25) is 5.91 Å². The first-order chi connectivity index (χ1) is 9.19. The number of anilines is 1. The van der Waals surface area contributed by atoms with Gasteiger partial charge in [-0.25, -0.2) is 0 Å². The fourth-order valence-electron chi connectivity index (χ4n) is 1.79. The van der Waals surface area contributed by atoms with E-state index in [1.54, 1.807) is 17.8 Å². The van der Waals surface area contributed by atoms with Crippen LogP contribution in [0.1, 0.15) is 19.8 Å². The van der Waals surface area contributed by atoms with Crippen molar-refractivity contribution in [2.75, 3.05) is 24.2 Å². The van der Waals surface area contributed by atoms with Gasteiger partial charge in [0.05, 0.1) is 12.2 Å². The van der Waals surface area contributed by atoms with Gasteiger partial charge in [-0.1, -0.05) is 18.5 Å². The number of hydrogen-bond acceptors (Lipinski definition) is 3. The number of nitrogens with one attached hydrogen (secondary N) is 2. The molecule has 2 N–H and O–H groups in total. The van der Waals surface area contributed by atoms with Crippen molar-refractivity contribution >= 4 is 47.4 Å². The molecule has 0 unspecified atom stereocenters. The van der Waals surface area contributed by atoms with Crippen molar-refractivity contribution in [2.45, 2.75) is 24.7 Å². The van der Waals surface area contributed by atoms with Gasteiger partial charge in [-0.2, -0.15) is 0 Å². The molecule has 6 heteroatoms. The number of thioether (sulfide) groups is 1. The number of hydrogen-bond donors (Lipinski definition) is 2. The number of carbonyl (C=O) groups excluding carboxylic acids is 1. The van der Waals surface area contributed by atoms with Crippen LogP contribution >= 0.6 is 35.8 Å². The van der Waals surface area contributed by atoms with Crippen LogP contribution in [0.5, 0.6) is 0 Å². The molecular weight excluding hydrogens is 315 g/mol. The van der Waals surface area contributed by atoms with E-state index in [9.17, 15) is 4.79 Å². The van der Waals surface area contributed by atoms with Crippen molar-refractivity contribution in [1.82, 2.24) is 5.32 Å². The lowest BCUT2D eigenvalue weighted by molar-refractivity contribution is -0.115. The first-order valence-electron chi connectivity index (χ1n) is 6.62. The monoisotopic (exact) mass is 334 g/mol. The second-order valence-electron chi connectivity index (χ2n) is 4.70. The Hall–Kier alpha value is -0.420. The molecule has 0 saturated heterocycles. The maximum absolute atomic E-state index is 11.9. The van der Waals surface area contributed by atoms with Crippen LogP contribution in [0, 0.1) is 5.92 Å². The average Bonchev–Trinajstić information content (AvgIpc) is 3.17. The Balaban J connectivity index is 0.00000200. The number of amides is 1. The van der Waals surface area contributed by atoms with E-state index in [1.165, 1.54) is 12.8 Å². The van der Waals surface area contributed by atoms with E-state index < -0.39 is 0 Å². The Labute approximate surface area is 135 Å². The molecule has 1 aliphatic carbocycles. The van der Waals surface area contributed by atoms with E-state index in [0.29, 0.717) is 11.6 Å². The van der Waals surface area contributed by atoms with E-state index in [0.717, 1.165) is 28.8 Å². The van der Waals surface area contributed by atoms with Crippen LogP contribution in [-0.2, 0) is 4.79 Å². The smallest absolute Gasteiger partial charge is 0.238 e. The highest BCUT2D eigenvalue weighted by Gasteiger charge is 2.20. The van der Waals surface area contributed by atoms with E-state index in [1.807, 2.05) is 12.1 Å². The minimum Gasteiger partial charge on any atom is -0.324 e. The molecule has 20 heavy (non-hydrogen) atoms. The summed E-state index contributed by atoms with van der Waals surface area (Å²) in [4.78, 5) is 12.9. The molecule has 3 nitrogen and oxygen atoms in total. The second-order valence-corrected chi connectivity index (χ2v) is 6.44. The van der Waals surface area contributed by atoms with Crippen LogP contribution in [0.15, 0.2) is 23.1 Å². The summed E-state index contributed by atoms with van der Waals surface area (Å²) >= 11 is 7.68. The van der Waals surface area contributed by atoms with Crippen molar-refractivity contribution in [3.05, 3.63) is 23.2 Å². The Bertz CT molecular complexity index is 453. The quantitative estimate of drug-likeness (QED) is 0.745. The minimum atomic E-state index is -0.0131. The van der Waals surface area contributed by atoms with Crippen molar-refractivity contribution in [1.29, 1.82) is 0 Å². The predicted molar refractivity (Wildman–Crippen MR) is 89.3 cm³/mol. The lowest BCUT2D eigenvalue weighted by Gasteiger charge is -2.11. The highest BCUT2D eigenvalue weighted by atomic mass is 35.5. The van der Waals surface area contributed by atoms with E-state index in [-0.39, 0.29) is 18.3 Å². The zero-order valence-corrected chi connectivity index (χ0v) is 13.8. The molecule has 0 heterocycles. The molecule has 2 rings (SSSR count). The number of rotatable bonds is 7. The van der Waals surface area contributed by atoms with Crippen molar-refractivity contribution in [3.63, 3.8) is 0 Å². The maximum Gasteiger partial charge on any atom is 0.238 e. The summed E-state index contributed by atoms with van der Waals surface area (Å²) < 4.78 is 0. The molecule has 0 aliphatic heterocycles. The number of carbonyl (C=O) groups is 1. The molecule has 0 bridgehead atoms. The molecule has 0 aromatic heterocycles. The standard InChI is InChI=1S/C14H19ClN2OS.ClH/c1-2-19-13-6-5-11(15)7-12(13)17-14(18)9-16-8-10-3-4-10;/h5-7,10,16H,2-4,8-9H2,1H3,(H,17,18);1H. The number of halogens is 2. The Kier molecular flexibility index (Phi) is 7.74. The Morgan fingerprint density at radius 1 is 1.45 bits per heavy atom. The topological polar surface area (TPSA) is 41.1 Å². The minimum absolute atomic E-state index is 0. The van der Waals surface area contributed by atoms with Gasteiger partial charge in [0.1, 0.15) is 0 Å². The number of benzene rings is 1. The molecule has 0 atom stereocenters. The fraction of sp³-hybridized carbons (Fsp3) is 0.500. The summed E-state index contributed by atoms with van der Waals surface area (Å²) in [5.41, 5.74) is 0.803. The van der Waals surface area contributed by atoms with Gasteiger partial charge in [-0.05, 0) is 49.3 Å². The molecule has 1 amide bonds. The highest BCUT2D eigenvalue weighted by molar-refractivity contribution is 7.99. The first-order valence-corrected chi connectivity index (χ1v) is 7.98. The van der Waals surface area contributed by atoms with Crippen molar-refractivity contribution in [2.24, 2.45) is 5.92 Å². The molecular formula is C14H20Cl2N2OS. The van der Waals surface area contributed by atoms with Crippen LogP contribution in [0.2, 0.25) is 5.02 Å². The summed E-state index contributed by atoms with van der Waals surface area (Å²) in [6, 6.07) is 5.60. The third-order valence-electron chi connectivity index (χ3n) is 2.93. The van der Waals surface area contributed by atoms with E-state index >= 15 is 0 Å². The van der Waals surface area contributed by atoms with E-state index in [2.05, 4.69) is 17.6 Å². The fourth-order valence-corrected chi connectivity index (χ4v) is 2.70. The molecule has 1 saturated carbocycles. The first kappa shape index (κ1) is 17.6. The average molecular weight is 335 g/mol. The summed E-state index contributed by atoms with van der Waals surface area (Å²) in [6.45, 7) is 3.39. The van der Waals surface area contributed by atoms with Gasteiger partial charge < -0.3 is 10.6 Å². The zero-order chi connectivity index (χ0) is 13.7. The molecule has 1 aromatic rings. The van der Waals surface area contributed by atoms with Gasteiger partial charge in [-0.3, -0.25) is 4.79 Å². The highest BCUT2D eigenvalue weighted by Crippen LogP contribution is 2.30. The molecule has 0 spiro atoms. The van der Waals surface area contributed by atoms with Crippen LogP contribution in [0.25, 0.3) is 0 Å². The van der Waals surface area contributed by atoms with Crippen LogP contribution < -0.4 is 10.6 Å². The summed E-state index contributed by atoms with van der Waals surface area (Å²) in [6.07, 6.45) is 2.58. The van der Waals surface area contributed by atoms with Gasteiger partial charge >= 0.3 is 0 Å². The molecule has 0 radical (unpaired) electrons. The van der Waals surface area contributed by atoms with Crippen LogP contribution in [-0.4, -0.2) is 24.7 Å². The maximum atomic E-state index is 11.9. The third-order valence-corrected chi connectivity index (χ3v) is 4.12. The molecule has 112 valence electrons. The van der Waals surface area contributed by atoms with Crippen LogP contribution in [0.4, 0.5) is 5.69 Å². The summed E-state index contributed by atoms with van der Waals surface area (Å²) in [5, 5.41) is 6.75. The third kappa shape index (κ3) is 5.92. The molecule has 1 aliphatic rings. The normalized spacial score (nSPS) is 13.7. The van der Waals surface area contributed by atoms with Crippen LogP contribution in [0.3, 0.4) is 0 Å². The Morgan fingerprint density at radius 3 is 2.85 bits per heavy atom. The Morgan fingerprint density at radius 2 is 2.20 bits per heavy atom. The summed E-state index contributed by atoms with van der Waals surface area (Å²) in [5.74, 6) is 1.73. The molecule has 1 aromatic carbocycles. The largest absolute Gasteiger partial charge is 0.324 e. The predicted octanol–water partition coefficient (Wildman–Crippen LogP) is 3.81. The summed E-state index contributed by atoms with van der Waals surface area (Å²) in [7, 11) is 0. The van der Waals surface area contributed by atoms with Gasteiger partial charge in [0.25, 0.3) is 0 Å². The van der Waals surface area contributed by atoms with Crippen molar-refractivity contribution in [3.8, 4) is 0 Å². The SMILES string of the molecule is CCSc1ccc(Cl)cc1NC(=O)CNCC1CC1.Cl. The zero-order valence-electron chi connectivity index (χ0n) is 11.4. The van der Waals surface area contributed by atoms with Gasteiger partial charge in [0, 0.05) is 9.92 Å². The lowest BCUT2D eigenvalue weighted by atomic mass is 10.3. The lowest BCUT2D eigenvalue weighted by Crippen LogP contribution is -2.29. The van der Waals surface area contributed by atoms with Crippen molar-refractivity contribution < 1.29 is 4.79 Å². The van der Waals surface area contributed by atoms with Gasteiger partial charge in [-0.15, -0.1) is 24.2 Å².